The van der Waals surface area contributed by atoms with Crippen molar-refractivity contribution in [3.63, 3.8) is 0 Å². The maximum absolute atomic E-state index is 10.3. The number of benzene rings is 1. The van der Waals surface area contributed by atoms with Crippen molar-refractivity contribution in [3.05, 3.63) is 29.8 Å². The van der Waals surface area contributed by atoms with Crippen molar-refractivity contribution >= 4 is 5.69 Å². The van der Waals surface area contributed by atoms with Gasteiger partial charge in [0.25, 0.3) is 0 Å². The van der Waals surface area contributed by atoms with Crippen LogP contribution in [-0.4, -0.2) is 53.7 Å². The summed E-state index contributed by atoms with van der Waals surface area (Å²) < 4.78 is 0. The molecule has 2 rings (SSSR count). The Labute approximate surface area is 115 Å². The number of hydrogen-bond acceptors (Lipinski definition) is 4. The summed E-state index contributed by atoms with van der Waals surface area (Å²) in [7, 11) is 0. The second-order valence-electron chi connectivity index (χ2n) is 5.42. The molecule has 1 aliphatic heterocycles. The molecule has 4 heteroatoms. The Kier molecular flexibility index (Phi) is 4.80. The van der Waals surface area contributed by atoms with Gasteiger partial charge in [0.1, 0.15) is 0 Å². The Balaban J connectivity index is 1.89. The van der Waals surface area contributed by atoms with Crippen LogP contribution in [0, 0.1) is 0 Å². The molecule has 0 amide bonds. The van der Waals surface area contributed by atoms with Crippen LogP contribution in [0.4, 0.5) is 5.69 Å². The largest absolute Gasteiger partial charge is 0.399 e. The van der Waals surface area contributed by atoms with Crippen molar-refractivity contribution in [1.29, 1.82) is 0 Å². The fourth-order valence-corrected chi connectivity index (χ4v) is 2.77. The highest BCUT2D eigenvalue weighted by Crippen LogP contribution is 2.18. The first-order valence-corrected chi connectivity index (χ1v) is 7.10. The van der Waals surface area contributed by atoms with E-state index in [0.717, 1.165) is 37.4 Å². The Morgan fingerprint density at radius 1 is 1.32 bits per heavy atom. The summed E-state index contributed by atoms with van der Waals surface area (Å²) >= 11 is 0. The molecule has 1 aromatic rings. The number of rotatable bonds is 4. The van der Waals surface area contributed by atoms with Crippen LogP contribution in [0.2, 0.25) is 0 Å². The van der Waals surface area contributed by atoms with Gasteiger partial charge in [-0.1, -0.05) is 19.1 Å². The zero-order valence-corrected chi connectivity index (χ0v) is 11.9. The lowest BCUT2D eigenvalue weighted by Gasteiger charge is -2.40. The first-order valence-electron chi connectivity index (χ1n) is 7.10. The molecule has 0 saturated carbocycles. The molecule has 1 saturated heterocycles. The van der Waals surface area contributed by atoms with E-state index >= 15 is 0 Å². The van der Waals surface area contributed by atoms with Crippen molar-refractivity contribution in [2.75, 3.05) is 38.5 Å². The van der Waals surface area contributed by atoms with E-state index in [4.69, 9.17) is 5.73 Å². The minimum Gasteiger partial charge on any atom is -0.399 e. The molecule has 0 radical (unpaired) electrons. The van der Waals surface area contributed by atoms with Gasteiger partial charge in [-0.15, -0.1) is 0 Å². The molecule has 19 heavy (non-hydrogen) atoms. The summed E-state index contributed by atoms with van der Waals surface area (Å²) in [6, 6.07) is 8.07. The van der Waals surface area contributed by atoms with E-state index in [1.165, 1.54) is 0 Å². The molecule has 2 atom stereocenters. The number of hydrogen-bond donors (Lipinski definition) is 2. The molecule has 1 aliphatic rings. The number of aliphatic hydroxyl groups excluding tert-OH is 1. The van der Waals surface area contributed by atoms with Gasteiger partial charge >= 0.3 is 0 Å². The van der Waals surface area contributed by atoms with Crippen LogP contribution in [0.25, 0.3) is 0 Å². The summed E-state index contributed by atoms with van der Waals surface area (Å²) in [5.41, 5.74) is 7.34. The molecule has 2 unspecified atom stereocenters. The predicted octanol–water partition coefficient (Wildman–Crippen LogP) is 1.33. The van der Waals surface area contributed by atoms with Crippen LogP contribution in [0.1, 0.15) is 25.5 Å². The molecule has 0 aliphatic carbocycles. The summed E-state index contributed by atoms with van der Waals surface area (Å²) in [5.74, 6) is 0. The topological polar surface area (TPSA) is 52.7 Å². The van der Waals surface area contributed by atoms with E-state index in [9.17, 15) is 5.11 Å². The number of likely N-dealkylation sites (N-methyl/N-ethyl adjacent to an activating group) is 1. The van der Waals surface area contributed by atoms with Crippen LogP contribution in [0.15, 0.2) is 24.3 Å². The normalized spacial score (nSPS) is 23.4. The number of nitrogens with two attached hydrogens (primary N) is 1. The number of nitrogen functional groups attached to an aromatic ring is 1. The molecule has 0 bridgehead atoms. The highest BCUT2D eigenvalue weighted by Gasteiger charge is 2.24. The lowest BCUT2D eigenvalue weighted by Crippen LogP contribution is -2.52. The third-order valence-electron chi connectivity index (χ3n) is 4.01. The zero-order chi connectivity index (χ0) is 13.8. The monoisotopic (exact) mass is 263 g/mol. The maximum atomic E-state index is 10.3. The molecule has 0 spiro atoms. The van der Waals surface area contributed by atoms with E-state index in [1.807, 2.05) is 24.3 Å². The second-order valence-corrected chi connectivity index (χ2v) is 5.42. The average molecular weight is 263 g/mol. The van der Waals surface area contributed by atoms with Gasteiger partial charge in [-0.2, -0.15) is 0 Å². The van der Waals surface area contributed by atoms with Crippen LogP contribution < -0.4 is 5.73 Å². The van der Waals surface area contributed by atoms with Crippen molar-refractivity contribution < 1.29 is 5.11 Å². The van der Waals surface area contributed by atoms with Crippen LogP contribution in [0.3, 0.4) is 0 Å². The Hall–Kier alpha value is -1.10. The summed E-state index contributed by atoms with van der Waals surface area (Å²) in [4.78, 5) is 4.82. The predicted molar refractivity (Wildman–Crippen MR) is 79.0 cm³/mol. The minimum atomic E-state index is -0.430. The van der Waals surface area contributed by atoms with Gasteiger partial charge in [0.05, 0.1) is 6.10 Å². The van der Waals surface area contributed by atoms with E-state index < -0.39 is 6.10 Å². The Morgan fingerprint density at radius 2 is 2.00 bits per heavy atom. The number of nitrogens with zero attached hydrogens (tertiary/aromatic N) is 2. The number of anilines is 1. The van der Waals surface area contributed by atoms with Gasteiger partial charge in [-0.3, -0.25) is 9.80 Å². The molecule has 1 aromatic carbocycles. The summed E-state index contributed by atoms with van der Waals surface area (Å²) in [5, 5.41) is 10.3. The SMILES string of the molecule is CCN1CCN(CC(O)c2ccc(N)cc2)CC1C. The molecule has 106 valence electrons. The van der Waals surface area contributed by atoms with Gasteiger partial charge in [-0.25, -0.2) is 0 Å². The third kappa shape index (κ3) is 3.69. The van der Waals surface area contributed by atoms with Gasteiger partial charge in [0, 0.05) is 37.9 Å². The van der Waals surface area contributed by atoms with Crippen LogP contribution in [-0.2, 0) is 0 Å². The molecule has 1 fully saturated rings. The zero-order valence-electron chi connectivity index (χ0n) is 11.9. The number of aliphatic hydroxyl groups is 1. The summed E-state index contributed by atoms with van der Waals surface area (Å²) in [6.07, 6.45) is -0.430. The fraction of sp³-hybridized carbons (Fsp3) is 0.600. The molecular weight excluding hydrogens is 238 g/mol. The lowest BCUT2D eigenvalue weighted by atomic mass is 10.1. The van der Waals surface area contributed by atoms with E-state index in [-0.39, 0.29) is 0 Å². The van der Waals surface area contributed by atoms with Gasteiger partial charge in [0.15, 0.2) is 0 Å². The smallest absolute Gasteiger partial charge is 0.0916 e. The quantitative estimate of drug-likeness (QED) is 0.805. The van der Waals surface area contributed by atoms with Crippen LogP contribution in [0.5, 0.6) is 0 Å². The highest BCUT2D eigenvalue weighted by atomic mass is 16.3. The number of β-amino-alcohol motifs (C(OH)–C–C–N with tert-alkyl or cyclic N) is 1. The second kappa shape index (κ2) is 6.37. The third-order valence-corrected chi connectivity index (χ3v) is 4.01. The molecule has 1 heterocycles. The average Bonchev–Trinajstić information content (AvgIpc) is 2.39. The Morgan fingerprint density at radius 3 is 2.58 bits per heavy atom. The molecular formula is C15H25N3O. The number of piperazine rings is 1. The van der Waals surface area contributed by atoms with Gasteiger partial charge in [0.2, 0.25) is 0 Å². The molecule has 3 N–H and O–H groups in total. The van der Waals surface area contributed by atoms with E-state index in [2.05, 4.69) is 23.6 Å². The van der Waals surface area contributed by atoms with E-state index in [1.54, 1.807) is 0 Å². The van der Waals surface area contributed by atoms with Crippen LogP contribution >= 0.6 is 0 Å². The Bertz CT molecular complexity index is 393. The molecule has 4 nitrogen and oxygen atoms in total. The van der Waals surface area contributed by atoms with E-state index in [0.29, 0.717) is 12.6 Å². The van der Waals surface area contributed by atoms with Crippen molar-refractivity contribution in [3.8, 4) is 0 Å². The van der Waals surface area contributed by atoms with Crippen molar-refractivity contribution in [2.45, 2.75) is 26.0 Å². The fourth-order valence-electron chi connectivity index (χ4n) is 2.77. The maximum Gasteiger partial charge on any atom is 0.0916 e. The first kappa shape index (κ1) is 14.3. The van der Waals surface area contributed by atoms with Crippen molar-refractivity contribution in [2.24, 2.45) is 0 Å². The highest BCUT2D eigenvalue weighted by molar-refractivity contribution is 5.39. The van der Waals surface area contributed by atoms with Crippen molar-refractivity contribution in [1.82, 2.24) is 9.80 Å². The first-order chi connectivity index (χ1) is 9.10. The van der Waals surface area contributed by atoms with Gasteiger partial charge < -0.3 is 10.8 Å². The summed E-state index contributed by atoms with van der Waals surface area (Å²) in [6.45, 7) is 9.41. The molecule has 0 aromatic heterocycles. The lowest BCUT2D eigenvalue weighted by molar-refractivity contribution is 0.0478. The minimum absolute atomic E-state index is 0.430. The van der Waals surface area contributed by atoms with Gasteiger partial charge in [-0.05, 0) is 31.2 Å². The standard InChI is InChI=1S/C15H25N3O/c1-3-18-9-8-17(10-12(18)2)11-15(19)13-4-6-14(16)7-5-13/h4-7,12,15,19H,3,8-11,16H2,1-2H3.